The third-order valence-electron chi connectivity index (χ3n) is 5.71. The highest BCUT2D eigenvalue weighted by molar-refractivity contribution is 5.89. The van der Waals surface area contributed by atoms with Crippen LogP contribution in [0, 0.1) is 6.92 Å². The molecule has 0 aliphatic carbocycles. The number of benzene rings is 2. The molecule has 1 unspecified atom stereocenters. The molecule has 3 rings (SSSR count). The van der Waals surface area contributed by atoms with E-state index in [0.29, 0.717) is 38.1 Å². The van der Waals surface area contributed by atoms with Crippen LogP contribution in [0.5, 0.6) is 5.75 Å². The number of likely N-dealkylation sites (tertiary alicyclic amines) is 1. The Morgan fingerprint density at radius 1 is 1.09 bits per heavy atom. The highest BCUT2D eigenvalue weighted by Crippen LogP contribution is 2.20. The minimum Gasteiger partial charge on any atom is -0.496 e. The summed E-state index contributed by atoms with van der Waals surface area (Å²) in [6.07, 6.45) is 1.62. The fourth-order valence-corrected chi connectivity index (χ4v) is 4.00. The Hall–Kier alpha value is -3.55. The SMILES string of the molecule is COc1ccccc1CC(NC(C)=O)C(=O)NC1CCN(C(=O)Nc2cccc(C)c2)CC1. The van der Waals surface area contributed by atoms with Crippen molar-refractivity contribution < 1.29 is 19.1 Å². The van der Waals surface area contributed by atoms with Gasteiger partial charge in [0.2, 0.25) is 11.8 Å². The number of anilines is 1. The lowest BCUT2D eigenvalue weighted by Crippen LogP contribution is -2.53. The smallest absolute Gasteiger partial charge is 0.321 e. The number of hydrogen-bond acceptors (Lipinski definition) is 4. The van der Waals surface area contributed by atoms with Crippen molar-refractivity contribution in [3.63, 3.8) is 0 Å². The molecule has 1 heterocycles. The lowest BCUT2D eigenvalue weighted by atomic mass is 10.0. The van der Waals surface area contributed by atoms with Crippen LogP contribution in [0.25, 0.3) is 0 Å². The molecule has 176 valence electrons. The number of carbonyl (C=O) groups is 3. The number of para-hydroxylation sites is 1. The molecule has 2 aromatic carbocycles. The van der Waals surface area contributed by atoms with Gasteiger partial charge < -0.3 is 25.6 Å². The fourth-order valence-electron chi connectivity index (χ4n) is 4.00. The summed E-state index contributed by atoms with van der Waals surface area (Å²) in [5.41, 5.74) is 2.69. The average Bonchev–Trinajstić information content (AvgIpc) is 2.79. The third-order valence-corrected chi connectivity index (χ3v) is 5.71. The summed E-state index contributed by atoms with van der Waals surface area (Å²) < 4.78 is 5.38. The monoisotopic (exact) mass is 452 g/mol. The molecule has 1 aliphatic heterocycles. The Morgan fingerprint density at radius 2 is 1.82 bits per heavy atom. The number of urea groups is 1. The van der Waals surface area contributed by atoms with Crippen LogP contribution in [0.1, 0.15) is 30.9 Å². The molecule has 1 aliphatic rings. The van der Waals surface area contributed by atoms with Gasteiger partial charge in [0.25, 0.3) is 0 Å². The molecule has 0 aromatic heterocycles. The van der Waals surface area contributed by atoms with Gasteiger partial charge in [0.15, 0.2) is 0 Å². The molecule has 0 radical (unpaired) electrons. The van der Waals surface area contributed by atoms with E-state index in [4.69, 9.17) is 4.74 Å². The van der Waals surface area contributed by atoms with Crippen LogP contribution in [0.2, 0.25) is 0 Å². The Kier molecular flexibility index (Phi) is 8.29. The van der Waals surface area contributed by atoms with Gasteiger partial charge in [-0.15, -0.1) is 0 Å². The Morgan fingerprint density at radius 3 is 2.48 bits per heavy atom. The largest absolute Gasteiger partial charge is 0.496 e. The van der Waals surface area contributed by atoms with Crippen LogP contribution in [-0.2, 0) is 16.0 Å². The molecule has 3 N–H and O–H groups in total. The highest BCUT2D eigenvalue weighted by Gasteiger charge is 2.27. The Labute approximate surface area is 194 Å². The highest BCUT2D eigenvalue weighted by atomic mass is 16.5. The summed E-state index contributed by atoms with van der Waals surface area (Å²) in [5, 5.41) is 8.72. The Bertz CT molecular complexity index is 986. The van der Waals surface area contributed by atoms with Gasteiger partial charge in [-0.05, 0) is 49.1 Å². The van der Waals surface area contributed by atoms with E-state index >= 15 is 0 Å². The quantitative estimate of drug-likeness (QED) is 0.601. The van der Waals surface area contributed by atoms with E-state index in [-0.39, 0.29) is 23.9 Å². The molecule has 8 nitrogen and oxygen atoms in total. The second kappa shape index (κ2) is 11.4. The van der Waals surface area contributed by atoms with Gasteiger partial charge in [0.1, 0.15) is 11.8 Å². The van der Waals surface area contributed by atoms with Crippen molar-refractivity contribution >= 4 is 23.5 Å². The van der Waals surface area contributed by atoms with E-state index in [1.54, 1.807) is 12.0 Å². The summed E-state index contributed by atoms with van der Waals surface area (Å²) in [6, 6.07) is 14.2. The minimum absolute atomic E-state index is 0.0607. The maximum atomic E-state index is 13.0. The van der Waals surface area contributed by atoms with Crippen LogP contribution in [-0.4, -0.2) is 55.0 Å². The first kappa shape index (κ1) is 24.1. The summed E-state index contributed by atoms with van der Waals surface area (Å²) in [7, 11) is 1.58. The van der Waals surface area contributed by atoms with Crippen LogP contribution in [0.4, 0.5) is 10.5 Å². The second-order valence-corrected chi connectivity index (χ2v) is 8.34. The summed E-state index contributed by atoms with van der Waals surface area (Å²) in [4.78, 5) is 39.0. The van der Waals surface area contributed by atoms with E-state index < -0.39 is 6.04 Å². The normalized spacial score (nSPS) is 14.8. The van der Waals surface area contributed by atoms with Crippen LogP contribution in [0.15, 0.2) is 48.5 Å². The molecular formula is C25H32N4O4. The molecular weight excluding hydrogens is 420 g/mol. The van der Waals surface area contributed by atoms with Gasteiger partial charge in [-0.3, -0.25) is 9.59 Å². The van der Waals surface area contributed by atoms with Crippen LogP contribution < -0.4 is 20.7 Å². The molecule has 8 heteroatoms. The number of rotatable bonds is 7. The average molecular weight is 453 g/mol. The predicted molar refractivity (Wildman–Crippen MR) is 127 cm³/mol. The lowest BCUT2D eigenvalue weighted by molar-refractivity contribution is -0.128. The zero-order valence-electron chi connectivity index (χ0n) is 19.4. The number of piperidine rings is 1. The second-order valence-electron chi connectivity index (χ2n) is 8.34. The molecule has 0 saturated carbocycles. The first-order valence-electron chi connectivity index (χ1n) is 11.2. The van der Waals surface area contributed by atoms with E-state index in [1.807, 2.05) is 55.5 Å². The van der Waals surface area contributed by atoms with E-state index in [1.165, 1.54) is 6.92 Å². The van der Waals surface area contributed by atoms with Crippen molar-refractivity contribution in [1.29, 1.82) is 0 Å². The number of hydrogen-bond donors (Lipinski definition) is 3. The molecule has 0 spiro atoms. The summed E-state index contributed by atoms with van der Waals surface area (Å²) in [5.74, 6) is 0.167. The van der Waals surface area contributed by atoms with E-state index in [2.05, 4.69) is 16.0 Å². The fraction of sp³-hybridized carbons (Fsp3) is 0.400. The van der Waals surface area contributed by atoms with Gasteiger partial charge in [0.05, 0.1) is 7.11 Å². The molecule has 33 heavy (non-hydrogen) atoms. The first-order chi connectivity index (χ1) is 15.9. The van der Waals surface area contributed by atoms with Gasteiger partial charge in [-0.2, -0.15) is 0 Å². The predicted octanol–water partition coefficient (Wildman–Crippen LogP) is 2.86. The summed E-state index contributed by atoms with van der Waals surface area (Å²) >= 11 is 0. The van der Waals surface area contributed by atoms with Gasteiger partial charge in [0, 0.05) is 38.2 Å². The summed E-state index contributed by atoms with van der Waals surface area (Å²) in [6.45, 7) is 4.46. The molecule has 1 saturated heterocycles. The minimum atomic E-state index is -0.707. The maximum Gasteiger partial charge on any atom is 0.321 e. The number of carbonyl (C=O) groups excluding carboxylic acids is 3. The van der Waals surface area contributed by atoms with Crippen molar-refractivity contribution in [2.75, 3.05) is 25.5 Å². The molecule has 0 bridgehead atoms. The van der Waals surface area contributed by atoms with Crippen molar-refractivity contribution in [3.05, 3.63) is 59.7 Å². The number of aryl methyl sites for hydroxylation is 1. The van der Waals surface area contributed by atoms with Crippen molar-refractivity contribution in [1.82, 2.24) is 15.5 Å². The first-order valence-corrected chi connectivity index (χ1v) is 11.2. The van der Waals surface area contributed by atoms with Crippen molar-refractivity contribution in [2.24, 2.45) is 0 Å². The number of nitrogens with zero attached hydrogens (tertiary/aromatic N) is 1. The Balaban J connectivity index is 1.54. The van der Waals surface area contributed by atoms with Gasteiger partial charge >= 0.3 is 6.03 Å². The lowest BCUT2D eigenvalue weighted by Gasteiger charge is -2.33. The molecule has 1 fully saturated rings. The molecule has 1 atom stereocenters. The zero-order valence-corrected chi connectivity index (χ0v) is 19.4. The van der Waals surface area contributed by atoms with Crippen LogP contribution >= 0.6 is 0 Å². The number of nitrogens with one attached hydrogen (secondary N) is 3. The third kappa shape index (κ3) is 6.97. The maximum absolute atomic E-state index is 13.0. The molecule has 4 amide bonds. The standard InChI is InChI=1S/C25H32N4O4/c1-17-7-6-9-21(15-17)28-25(32)29-13-11-20(12-14-29)27-24(31)22(26-18(2)30)16-19-8-4-5-10-23(19)33-3/h4-10,15,20,22H,11-14,16H2,1-3H3,(H,26,30)(H,27,31)(H,28,32). The van der Waals surface area contributed by atoms with Gasteiger partial charge in [-0.25, -0.2) is 4.79 Å². The zero-order chi connectivity index (χ0) is 23.8. The number of ether oxygens (including phenoxy) is 1. The van der Waals surface area contributed by atoms with Crippen molar-refractivity contribution in [3.8, 4) is 5.75 Å². The topological polar surface area (TPSA) is 99.8 Å². The van der Waals surface area contributed by atoms with E-state index in [0.717, 1.165) is 16.8 Å². The number of methoxy groups -OCH3 is 1. The van der Waals surface area contributed by atoms with Gasteiger partial charge in [-0.1, -0.05) is 30.3 Å². The molecule has 2 aromatic rings. The number of amides is 4. The van der Waals surface area contributed by atoms with E-state index in [9.17, 15) is 14.4 Å². The van der Waals surface area contributed by atoms with Crippen molar-refractivity contribution in [2.45, 2.75) is 45.2 Å². The van der Waals surface area contributed by atoms with Crippen LogP contribution in [0.3, 0.4) is 0 Å².